The highest BCUT2D eigenvalue weighted by atomic mass is 35.5. The lowest BCUT2D eigenvalue weighted by Crippen LogP contribution is -2.36. The number of nitrogens with two attached hydrogens (primary N) is 1. The second-order valence-corrected chi connectivity index (χ2v) is 10.3. The van der Waals surface area contributed by atoms with E-state index < -0.39 is 6.04 Å². The van der Waals surface area contributed by atoms with E-state index in [0.717, 1.165) is 28.1 Å². The minimum Gasteiger partial charge on any atom is -0.384 e. The summed E-state index contributed by atoms with van der Waals surface area (Å²) in [5, 5.41) is 7.36. The summed E-state index contributed by atoms with van der Waals surface area (Å²) in [6, 6.07) is 18.0. The van der Waals surface area contributed by atoms with Crippen LogP contribution in [-0.4, -0.2) is 27.0 Å². The molecule has 1 aliphatic rings. The maximum Gasteiger partial charge on any atom is 0.294 e. The number of nitrogens with one attached hydrogen (secondary N) is 2. The molecule has 39 heavy (non-hydrogen) atoms. The van der Waals surface area contributed by atoms with E-state index in [-0.39, 0.29) is 23.2 Å². The Hall–Kier alpha value is -3.88. The summed E-state index contributed by atoms with van der Waals surface area (Å²) < 4.78 is 1.54. The van der Waals surface area contributed by atoms with E-state index in [2.05, 4.69) is 20.6 Å². The lowest BCUT2D eigenvalue weighted by Gasteiger charge is -2.22. The zero-order valence-electron chi connectivity index (χ0n) is 21.3. The SMILES string of the molecule is Cc1nc(N)ccc1CNC(=O)[C@@H]1CCc2cnc(NCC(c3ccccc3Cl)c3ccccc3Cl)c(=O)n21. The number of aryl methyl sites for hydroxylation is 2. The van der Waals surface area contributed by atoms with Crippen LogP contribution in [0, 0.1) is 6.92 Å². The van der Waals surface area contributed by atoms with Crippen LogP contribution in [0.15, 0.2) is 71.7 Å². The number of anilines is 2. The number of hydrogen-bond donors (Lipinski definition) is 3. The molecule has 5 rings (SSSR count). The zero-order chi connectivity index (χ0) is 27.5. The first-order chi connectivity index (χ1) is 18.8. The first kappa shape index (κ1) is 26.7. The maximum atomic E-state index is 13.5. The van der Waals surface area contributed by atoms with E-state index >= 15 is 0 Å². The van der Waals surface area contributed by atoms with Crippen LogP contribution < -0.4 is 21.9 Å². The van der Waals surface area contributed by atoms with Crippen LogP contribution in [0.5, 0.6) is 0 Å². The fourth-order valence-corrected chi connectivity index (χ4v) is 5.54. The monoisotopic (exact) mass is 562 g/mol. The topological polar surface area (TPSA) is 115 Å². The molecule has 1 aliphatic heterocycles. The lowest BCUT2D eigenvalue weighted by molar-refractivity contribution is -0.124. The third-order valence-electron chi connectivity index (χ3n) is 7.07. The number of nitrogen functional groups attached to an aromatic ring is 1. The van der Waals surface area contributed by atoms with Crippen molar-refractivity contribution < 1.29 is 4.79 Å². The van der Waals surface area contributed by atoms with Crippen LogP contribution in [0.3, 0.4) is 0 Å². The van der Waals surface area contributed by atoms with Crippen LogP contribution in [0.1, 0.15) is 46.5 Å². The van der Waals surface area contributed by atoms with Gasteiger partial charge in [0.15, 0.2) is 5.82 Å². The Kier molecular flexibility index (Phi) is 7.86. The number of pyridine rings is 1. The average Bonchev–Trinajstić information content (AvgIpc) is 3.36. The summed E-state index contributed by atoms with van der Waals surface area (Å²) in [4.78, 5) is 35.3. The van der Waals surface area contributed by atoms with E-state index in [1.54, 1.807) is 16.8 Å². The predicted octanol–water partition coefficient (Wildman–Crippen LogP) is 4.88. The number of carbonyl (C=O) groups excluding carboxylic acids is 1. The van der Waals surface area contributed by atoms with Crippen molar-refractivity contribution in [2.75, 3.05) is 17.6 Å². The van der Waals surface area contributed by atoms with Crippen LogP contribution >= 0.6 is 23.2 Å². The Bertz CT molecular complexity index is 1540. The van der Waals surface area contributed by atoms with Crippen LogP contribution in [0.4, 0.5) is 11.6 Å². The van der Waals surface area contributed by atoms with Gasteiger partial charge in [-0.15, -0.1) is 0 Å². The standard InChI is InChI=1S/C29H28Cl2N6O2/c1-17-18(10-13-26(32)36-17)14-35-28(38)25-12-11-19-15-33-27(29(39)37(19)25)34-16-22(20-6-2-4-8-23(20)30)21-7-3-5-9-24(21)31/h2-10,13,15,22,25H,11-12,14,16H2,1H3,(H2,32,36)(H,33,34)(H,35,38)/t25-/m0/s1. The van der Waals surface area contributed by atoms with Gasteiger partial charge < -0.3 is 16.4 Å². The molecule has 0 saturated carbocycles. The van der Waals surface area contributed by atoms with Crippen molar-refractivity contribution in [1.82, 2.24) is 19.9 Å². The van der Waals surface area contributed by atoms with Crippen molar-refractivity contribution in [1.29, 1.82) is 0 Å². The summed E-state index contributed by atoms with van der Waals surface area (Å²) in [5.74, 6) is 0.135. The summed E-state index contributed by atoms with van der Waals surface area (Å²) in [6.07, 6.45) is 2.77. The van der Waals surface area contributed by atoms with Gasteiger partial charge in [-0.25, -0.2) is 9.97 Å². The molecular weight excluding hydrogens is 535 g/mol. The quantitative estimate of drug-likeness (QED) is 0.282. The Labute approximate surface area is 236 Å². The zero-order valence-corrected chi connectivity index (χ0v) is 22.8. The normalized spacial score (nSPS) is 14.3. The number of amides is 1. The van der Waals surface area contributed by atoms with Crippen molar-refractivity contribution in [3.63, 3.8) is 0 Å². The Morgan fingerprint density at radius 3 is 2.38 bits per heavy atom. The molecule has 1 atom stereocenters. The number of halogens is 2. The number of hydrogen-bond acceptors (Lipinski definition) is 6. The molecule has 4 aromatic rings. The van der Waals surface area contributed by atoms with E-state index in [1.807, 2.05) is 61.5 Å². The van der Waals surface area contributed by atoms with E-state index in [1.165, 1.54) is 0 Å². The molecule has 0 saturated heterocycles. The molecule has 1 amide bonds. The highest BCUT2D eigenvalue weighted by molar-refractivity contribution is 6.32. The maximum absolute atomic E-state index is 13.5. The van der Waals surface area contributed by atoms with Crippen LogP contribution in [-0.2, 0) is 17.8 Å². The van der Waals surface area contributed by atoms with Gasteiger partial charge in [-0.05, 0) is 54.7 Å². The van der Waals surface area contributed by atoms with Gasteiger partial charge in [-0.2, -0.15) is 0 Å². The molecule has 0 bridgehead atoms. The van der Waals surface area contributed by atoms with Gasteiger partial charge in [0.25, 0.3) is 5.56 Å². The summed E-state index contributed by atoms with van der Waals surface area (Å²) in [7, 11) is 0. The molecule has 0 aliphatic carbocycles. The number of aromatic nitrogens is 3. The third-order valence-corrected chi connectivity index (χ3v) is 7.75. The van der Waals surface area contributed by atoms with Crippen molar-refractivity contribution in [2.24, 2.45) is 0 Å². The smallest absolute Gasteiger partial charge is 0.294 e. The summed E-state index contributed by atoms with van der Waals surface area (Å²) in [5.41, 5.74) is 9.49. The molecule has 4 N–H and O–H groups in total. The molecular formula is C29H28Cl2N6O2. The van der Waals surface area contributed by atoms with Gasteiger partial charge in [-0.1, -0.05) is 65.7 Å². The number of benzene rings is 2. The largest absolute Gasteiger partial charge is 0.384 e. The molecule has 2 aromatic carbocycles. The highest BCUT2D eigenvalue weighted by Crippen LogP contribution is 2.34. The minimum absolute atomic E-state index is 0.168. The Morgan fingerprint density at radius 2 is 1.74 bits per heavy atom. The van der Waals surface area contributed by atoms with E-state index in [4.69, 9.17) is 28.9 Å². The number of rotatable bonds is 8. The molecule has 0 radical (unpaired) electrons. The van der Waals surface area contributed by atoms with Crippen molar-refractivity contribution in [2.45, 2.75) is 38.3 Å². The first-order valence-corrected chi connectivity index (χ1v) is 13.4. The van der Waals surface area contributed by atoms with Gasteiger partial charge in [0.1, 0.15) is 11.9 Å². The summed E-state index contributed by atoms with van der Waals surface area (Å²) in [6.45, 7) is 2.47. The molecule has 200 valence electrons. The minimum atomic E-state index is -0.624. The number of carbonyl (C=O) groups is 1. The fourth-order valence-electron chi connectivity index (χ4n) is 5.01. The highest BCUT2D eigenvalue weighted by Gasteiger charge is 2.31. The van der Waals surface area contributed by atoms with Gasteiger partial charge in [0, 0.05) is 46.6 Å². The molecule has 10 heteroatoms. The van der Waals surface area contributed by atoms with E-state index in [0.29, 0.717) is 41.8 Å². The molecule has 8 nitrogen and oxygen atoms in total. The third kappa shape index (κ3) is 5.62. The number of nitrogens with zero attached hydrogens (tertiary/aromatic N) is 3. The van der Waals surface area contributed by atoms with Gasteiger partial charge in [0.2, 0.25) is 5.91 Å². The van der Waals surface area contributed by atoms with Crippen molar-refractivity contribution in [3.05, 3.63) is 115 Å². The van der Waals surface area contributed by atoms with E-state index in [9.17, 15) is 9.59 Å². The first-order valence-electron chi connectivity index (χ1n) is 12.7. The second-order valence-electron chi connectivity index (χ2n) is 9.50. The molecule has 0 fully saturated rings. The van der Waals surface area contributed by atoms with Gasteiger partial charge in [0.05, 0.1) is 0 Å². The fraction of sp³-hybridized carbons (Fsp3) is 0.241. The predicted molar refractivity (Wildman–Crippen MR) is 154 cm³/mol. The summed E-state index contributed by atoms with van der Waals surface area (Å²) >= 11 is 13.1. The second kappa shape index (κ2) is 11.5. The van der Waals surface area contributed by atoms with Gasteiger partial charge >= 0.3 is 0 Å². The molecule has 0 unspecified atom stereocenters. The molecule has 2 aromatic heterocycles. The molecule has 0 spiro atoms. The average molecular weight is 563 g/mol. The number of fused-ring (bicyclic) bond motifs is 1. The Balaban J connectivity index is 1.37. The van der Waals surface area contributed by atoms with Crippen LogP contribution in [0.25, 0.3) is 0 Å². The van der Waals surface area contributed by atoms with Crippen LogP contribution in [0.2, 0.25) is 10.0 Å². The molecule has 3 heterocycles. The lowest BCUT2D eigenvalue weighted by atomic mass is 9.91. The van der Waals surface area contributed by atoms with Gasteiger partial charge in [-0.3, -0.25) is 14.2 Å². The van der Waals surface area contributed by atoms with Crippen molar-refractivity contribution >= 4 is 40.7 Å². The Morgan fingerprint density at radius 1 is 1.08 bits per heavy atom. The van der Waals surface area contributed by atoms with Crippen molar-refractivity contribution in [3.8, 4) is 0 Å².